The van der Waals surface area contributed by atoms with Crippen LogP contribution in [0.1, 0.15) is 11.4 Å². The molecule has 9 heteroatoms. The Kier molecular flexibility index (Phi) is 4.85. The van der Waals surface area contributed by atoms with Crippen molar-refractivity contribution in [2.45, 2.75) is 20.4 Å². The van der Waals surface area contributed by atoms with Gasteiger partial charge in [0.1, 0.15) is 12.4 Å². The maximum Gasteiger partial charge on any atom is 0.267 e. The van der Waals surface area contributed by atoms with E-state index in [0.29, 0.717) is 27.9 Å². The summed E-state index contributed by atoms with van der Waals surface area (Å²) in [7, 11) is 0. The van der Waals surface area contributed by atoms with Gasteiger partial charge in [0.2, 0.25) is 5.91 Å². The maximum absolute atomic E-state index is 12.9. The number of nitrogens with one attached hydrogen (secondary N) is 1. The number of anilines is 1. The molecule has 134 valence electrons. The van der Waals surface area contributed by atoms with Crippen molar-refractivity contribution in [2.75, 3.05) is 5.32 Å². The van der Waals surface area contributed by atoms with Gasteiger partial charge in [0, 0.05) is 11.8 Å². The number of benzene rings is 1. The van der Waals surface area contributed by atoms with Gasteiger partial charge in [-0.3, -0.25) is 9.59 Å². The third-order valence-corrected chi connectivity index (χ3v) is 4.24. The molecule has 7 nitrogen and oxygen atoms in total. The number of aromatic nitrogens is 4. The van der Waals surface area contributed by atoms with Crippen molar-refractivity contribution in [3.8, 4) is 5.82 Å². The molecule has 0 saturated heterocycles. The van der Waals surface area contributed by atoms with Gasteiger partial charge in [-0.15, -0.1) is 5.10 Å². The predicted molar refractivity (Wildman–Crippen MR) is 95.1 cm³/mol. The highest BCUT2D eigenvalue weighted by molar-refractivity contribution is 6.31. The Balaban J connectivity index is 1.83. The highest BCUT2D eigenvalue weighted by Crippen LogP contribution is 2.20. The first kappa shape index (κ1) is 17.8. The predicted octanol–water partition coefficient (Wildman–Crippen LogP) is 2.48. The zero-order valence-electron chi connectivity index (χ0n) is 14.0. The van der Waals surface area contributed by atoms with Crippen LogP contribution in [-0.4, -0.2) is 25.5 Å². The number of amides is 1. The molecule has 0 bridgehead atoms. The second kappa shape index (κ2) is 7.09. The number of hydrogen-bond donors (Lipinski definition) is 1. The normalized spacial score (nSPS) is 10.8. The molecule has 0 spiro atoms. The minimum atomic E-state index is -0.463. The molecule has 0 unspecified atom stereocenters. The van der Waals surface area contributed by atoms with Crippen LogP contribution in [0, 0.1) is 19.7 Å². The molecule has 1 N–H and O–H groups in total. The molecule has 1 amide bonds. The largest absolute Gasteiger partial charge is 0.324 e. The first-order valence-corrected chi connectivity index (χ1v) is 8.08. The zero-order chi connectivity index (χ0) is 18.8. The van der Waals surface area contributed by atoms with E-state index in [1.807, 2.05) is 0 Å². The van der Waals surface area contributed by atoms with Crippen molar-refractivity contribution in [3.05, 3.63) is 69.0 Å². The molecule has 26 heavy (non-hydrogen) atoms. The fourth-order valence-corrected chi connectivity index (χ4v) is 2.50. The van der Waals surface area contributed by atoms with Gasteiger partial charge in [-0.2, -0.15) is 5.10 Å². The van der Waals surface area contributed by atoms with Gasteiger partial charge < -0.3 is 5.32 Å². The lowest BCUT2D eigenvalue weighted by Crippen LogP contribution is -2.30. The van der Waals surface area contributed by atoms with Gasteiger partial charge >= 0.3 is 0 Å². The number of aryl methyl sites for hydroxylation is 1. The number of halogens is 2. The van der Waals surface area contributed by atoms with Crippen LogP contribution < -0.4 is 10.9 Å². The Labute approximate surface area is 153 Å². The van der Waals surface area contributed by atoms with Crippen LogP contribution in [-0.2, 0) is 11.3 Å². The number of carbonyl (C=O) groups excluding carboxylic acids is 1. The SMILES string of the molecule is Cc1nn(-c2ccc(=O)n(CC(=O)Nc3ccc(F)cc3)n2)c(C)c1Cl. The van der Waals surface area contributed by atoms with E-state index in [9.17, 15) is 14.0 Å². The first-order valence-electron chi connectivity index (χ1n) is 7.71. The fourth-order valence-electron chi connectivity index (χ4n) is 2.38. The van der Waals surface area contributed by atoms with E-state index in [-0.39, 0.29) is 6.54 Å². The van der Waals surface area contributed by atoms with Gasteiger partial charge in [0.05, 0.1) is 16.4 Å². The van der Waals surface area contributed by atoms with Crippen LogP contribution in [0.15, 0.2) is 41.2 Å². The average molecular weight is 376 g/mol. The molecule has 0 aliphatic rings. The van der Waals surface area contributed by atoms with E-state index in [4.69, 9.17) is 11.6 Å². The lowest BCUT2D eigenvalue weighted by molar-refractivity contribution is -0.117. The molecule has 0 fully saturated rings. The van der Waals surface area contributed by atoms with Crippen molar-refractivity contribution < 1.29 is 9.18 Å². The summed E-state index contributed by atoms with van der Waals surface area (Å²) in [5, 5.41) is 11.5. The number of nitrogens with zero attached hydrogens (tertiary/aromatic N) is 4. The Hall–Kier alpha value is -3.00. The second-order valence-electron chi connectivity index (χ2n) is 5.64. The first-order chi connectivity index (χ1) is 12.3. The fraction of sp³-hybridized carbons (Fsp3) is 0.176. The maximum atomic E-state index is 12.9. The smallest absolute Gasteiger partial charge is 0.267 e. The molecule has 0 atom stereocenters. The van der Waals surface area contributed by atoms with Crippen LogP contribution in [0.5, 0.6) is 0 Å². The van der Waals surface area contributed by atoms with E-state index < -0.39 is 17.3 Å². The molecule has 3 rings (SSSR count). The zero-order valence-corrected chi connectivity index (χ0v) is 14.8. The van der Waals surface area contributed by atoms with Gasteiger partial charge in [-0.1, -0.05) is 11.6 Å². The average Bonchev–Trinajstić information content (AvgIpc) is 2.86. The standard InChI is InChI=1S/C17H15ClFN5O2/c1-10-17(18)11(2)24(21-10)14-7-8-16(26)23(22-14)9-15(25)20-13-5-3-12(19)4-6-13/h3-8H,9H2,1-2H3,(H,20,25). The summed E-state index contributed by atoms with van der Waals surface area (Å²) in [4.78, 5) is 24.2. The third kappa shape index (κ3) is 3.65. The molecular formula is C17H15ClFN5O2. The summed E-state index contributed by atoms with van der Waals surface area (Å²) in [6.45, 7) is 3.25. The van der Waals surface area contributed by atoms with Crippen LogP contribution >= 0.6 is 11.6 Å². The molecule has 2 heterocycles. The van der Waals surface area contributed by atoms with E-state index in [0.717, 1.165) is 4.68 Å². The minimum Gasteiger partial charge on any atom is -0.324 e. The Morgan fingerprint density at radius 3 is 2.46 bits per heavy atom. The van der Waals surface area contributed by atoms with Gasteiger partial charge in [-0.05, 0) is 44.2 Å². The van der Waals surface area contributed by atoms with Gasteiger partial charge in [0.15, 0.2) is 5.82 Å². The number of hydrogen-bond acceptors (Lipinski definition) is 4. The number of rotatable bonds is 4. The summed E-state index contributed by atoms with van der Waals surface area (Å²) < 4.78 is 15.4. The van der Waals surface area contributed by atoms with Crippen LogP contribution in [0.25, 0.3) is 5.82 Å². The lowest BCUT2D eigenvalue weighted by atomic mass is 10.3. The molecule has 2 aromatic heterocycles. The molecule has 1 aromatic carbocycles. The molecule has 0 saturated carbocycles. The highest BCUT2D eigenvalue weighted by Gasteiger charge is 2.14. The molecule has 0 aliphatic heterocycles. The van der Waals surface area contributed by atoms with E-state index in [1.165, 1.54) is 41.1 Å². The van der Waals surface area contributed by atoms with Crippen molar-refractivity contribution in [1.29, 1.82) is 0 Å². The van der Waals surface area contributed by atoms with Crippen molar-refractivity contribution in [1.82, 2.24) is 19.6 Å². The molecule has 0 radical (unpaired) electrons. The second-order valence-corrected chi connectivity index (χ2v) is 6.02. The summed E-state index contributed by atoms with van der Waals surface area (Å²) in [6.07, 6.45) is 0. The summed E-state index contributed by atoms with van der Waals surface area (Å²) >= 11 is 6.13. The highest BCUT2D eigenvalue weighted by atomic mass is 35.5. The molecule has 0 aliphatic carbocycles. The summed E-state index contributed by atoms with van der Waals surface area (Å²) in [5.74, 6) is -0.501. The number of carbonyl (C=O) groups is 1. The Bertz CT molecular complexity index is 1030. The summed E-state index contributed by atoms with van der Waals surface area (Å²) in [6, 6.07) is 8.13. The van der Waals surface area contributed by atoms with Crippen molar-refractivity contribution in [3.63, 3.8) is 0 Å². The Morgan fingerprint density at radius 1 is 1.15 bits per heavy atom. The topological polar surface area (TPSA) is 81.8 Å². The van der Waals surface area contributed by atoms with Crippen LogP contribution in [0.4, 0.5) is 10.1 Å². The van der Waals surface area contributed by atoms with E-state index >= 15 is 0 Å². The lowest BCUT2D eigenvalue weighted by Gasteiger charge is -2.09. The van der Waals surface area contributed by atoms with Crippen molar-refractivity contribution in [2.24, 2.45) is 0 Å². The monoisotopic (exact) mass is 375 g/mol. The third-order valence-electron chi connectivity index (χ3n) is 3.69. The Morgan fingerprint density at radius 2 is 1.85 bits per heavy atom. The molecular weight excluding hydrogens is 361 g/mol. The van der Waals surface area contributed by atoms with Crippen LogP contribution in [0.2, 0.25) is 5.02 Å². The van der Waals surface area contributed by atoms with Gasteiger partial charge in [-0.25, -0.2) is 13.8 Å². The van der Waals surface area contributed by atoms with Gasteiger partial charge in [0.25, 0.3) is 5.56 Å². The van der Waals surface area contributed by atoms with E-state index in [2.05, 4.69) is 15.5 Å². The summed E-state index contributed by atoms with van der Waals surface area (Å²) in [5.41, 5.74) is 1.30. The van der Waals surface area contributed by atoms with Crippen LogP contribution in [0.3, 0.4) is 0 Å². The van der Waals surface area contributed by atoms with E-state index in [1.54, 1.807) is 13.8 Å². The molecule has 3 aromatic rings. The van der Waals surface area contributed by atoms with Crippen molar-refractivity contribution >= 4 is 23.2 Å². The minimum absolute atomic E-state index is 0.295. The quantitative estimate of drug-likeness (QED) is 0.759.